The van der Waals surface area contributed by atoms with Crippen LogP contribution in [0, 0.1) is 11.3 Å². The maximum atomic E-state index is 11.9. The van der Waals surface area contributed by atoms with Crippen molar-refractivity contribution in [2.45, 2.75) is 13.0 Å². The fourth-order valence-corrected chi connectivity index (χ4v) is 1.47. The van der Waals surface area contributed by atoms with Crippen molar-refractivity contribution >= 4 is 5.91 Å². The molecule has 2 aromatic heterocycles. The quantitative estimate of drug-likeness (QED) is 0.891. The minimum absolute atomic E-state index is 0.232. The molecule has 0 aliphatic heterocycles. The van der Waals surface area contributed by atoms with Gasteiger partial charge in [-0.1, -0.05) is 0 Å². The predicted molar refractivity (Wildman–Crippen MR) is 63.5 cm³/mol. The highest BCUT2D eigenvalue weighted by atomic mass is 16.3. The van der Waals surface area contributed by atoms with E-state index in [2.05, 4.69) is 10.3 Å². The van der Waals surface area contributed by atoms with E-state index >= 15 is 0 Å². The van der Waals surface area contributed by atoms with Gasteiger partial charge in [-0.05, 0) is 31.2 Å². The van der Waals surface area contributed by atoms with Crippen LogP contribution in [0.1, 0.15) is 34.8 Å². The van der Waals surface area contributed by atoms with Crippen LogP contribution in [-0.2, 0) is 0 Å². The van der Waals surface area contributed by atoms with Crippen molar-refractivity contribution in [2.75, 3.05) is 0 Å². The van der Waals surface area contributed by atoms with Gasteiger partial charge in [0.1, 0.15) is 17.5 Å². The zero-order valence-electron chi connectivity index (χ0n) is 9.75. The molecule has 1 amide bonds. The van der Waals surface area contributed by atoms with Crippen molar-refractivity contribution in [3.8, 4) is 6.07 Å². The largest absolute Gasteiger partial charge is 0.467 e. The molecule has 0 radical (unpaired) electrons. The minimum atomic E-state index is -0.302. The van der Waals surface area contributed by atoms with Gasteiger partial charge >= 0.3 is 0 Å². The lowest BCUT2D eigenvalue weighted by atomic mass is 10.2. The molecule has 0 bridgehead atoms. The summed E-state index contributed by atoms with van der Waals surface area (Å²) in [5.74, 6) is 0.375. The topological polar surface area (TPSA) is 78.9 Å². The van der Waals surface area contributed by atoms with E-state index < -0.39 is 0 Å². The lowest BCUT2D eigenvalue weighted by Gasteiger charge is -2.10. The van der Waals surface area contributed by atoms with Gasteiger partial charge in [0.15, 0.2) is 0 Å². The third-order valence-electron chi connectivity index (χ3n) is 2.44. The summed E-state index contributed by atoms with van der Waals surface area (Å²) in [6, 6.07) is 8.34. The van der Waals surface area contributed by atoms with Crippen LogP contribution in [0.15, 0.2) is 41.1 Å². The standard InChI is InChI=1S/C13H11N3O2/c1-9(12-3-2-6-18-12)16-13(17)11-5-4-10(7-14)8-15-11/h2-6,8-9H,1H3,(H,16,17). The van der Waals surface area contributed by atoms with Crippen molar-refractivity contribution in [3.63, 3.8) is 0 Å². The molecule has 1 atom stereocenters. The molecule has 0 saturated heterocycles. The van der Waals surface area contributed by atoms with Crippen LogP contribution in [0.4, 0.5) is 0 Å². The summed E-state index contributed by atoms with van der Waals surface area (Å²) < 4.78 is 5.19. The summed E-state index contributed by atoms with van der Waals surface area (Å²) in [6.07, 6.45) is 2.92. The Hall–Kier alpha value is -2.61. The smallest absolute Gasteiger partial charge is 0.270 e. The van der Waals surface area contributed by atoms with Crippen LogP contribution >= 0.6 is 0 Å². The zero-order chi connectivity index (χ0) is 13.0. The lowest BCUT2D eigenvalue weighted by molar-refractivity contribution is 0.0930. The van der Waals surface area contributed by atoms with E-state index in [0.717, 1.165) is 0 Å². The fourth-order valence-electron chi connectivity index (χ4n) is 1.47. The molecule has 0 saturated carbocycles. The SMILES string of the molecule is CC(NC(=O)c1ccc(C#N)cn1)c1ccco1. The van der Waals surface area contributed by atoms with Gasteiger partial charge in [-0.25, -0.2) is 4.98 Å². The van der Waals surface area contributed by atoms with Crippen LogP contribution in [0.25, 0.3) is 0 Å². The first-order valence-electron chi connectivity index (χ1n) is 5.41. The maximum absolute atomic E-state index is 11.9. The highest BCUT2D eigenvalue weighted by Gasteiger charge is 2.14. The van der Waals surface area contributed by atoms with Gasteiger partial charge < -0.3 is 9.73 Å². The van der Waals surface area contributed by atoms with Crippen molar-refractivity contribution < 1.29 is 9.21 Å². The first-order valence-corrected chi connectivity index (χ1v) is 5.41. The average Bonchev–Trinajstić information content (AvgIpc) is 2.92. The number of nitrogens with one attached hydrogen (secondary N) is 1. The molecule has 0 aromatic carbocycles. The van der Waals surface area contributed by atoms with Crippen molar-refractivity contribution in [1.82, 2.24) is 10.3 Å². The number of carbonyl (C=O) groups excluding carboxylic acids is 1. The first-order chi connectivity index (χ1) is 8.70. The van der Waals surface area contributed by atoms with Gasteiger partial charge in [-0.3, -0.25) is 4.79 Å². The third-order valence-corrected chi connectivity index (χ3v) is 2.44. The second-order valence-corrected chi connectivity index (χ2v) is 3.75. The first kappa shape index (κ1) is 11.9. The molecule has 5 nitrogen and oxygen atoms in total. The molecule has 90 valence electrons. The van der Waals surface area contributed by atoms with Gasteiger partial charge in [0.05, 0.1) is 17.9 Å². The fraction of sp³-hybridized carbons (Fsp3) is 0.154. The number of nitrogens with zero attached hydrogens (tertiary/aromatic N) is 2. The Labute approximate surface area is 104 Å². The highest BCUT2D eigenvalue weighted by Crippen LogP contribution is 2.12. The number of amides is 1. The molecule has 2 aromatic rings. The monoisotopic (exact) mass is 241 g/mol. The van der Waals surface area contributed by atoms with Crippen molar-refractivity contribution in [2.24, 2.45) is 0 Å². The molecule has 1 N–H and O–H groups in total. The van der Waals surface area contributed by atoms with E-state index in [0.29, 0.717) is 11.3 Å². The van der Waals surface area contributed by atoms with Crippen LogP contribution in [0.5, 0.6) is 0 Å². The number of pyridine rings is 1. The van der Waals surface area contributed by atoms with E-state index in [1.807, 2.05) is 13.0 Å². The Morgan fingerprint density at radius 1 is 1.50 bits per heavy atom. The molecule has 0 fully saturated rings. The Morgan fingerprint density at radius 2 is 2.33 bits per heavy atom. The molecule has 0 aliphatic rings. The lowest BCUT2D eigenvalue weighted by Crippen LogP contribution is -2.27. The Bertz CT molecular complexity index is 567. The predicted octanol–water partition coefficient (Wildman–Crippen LogP) is 2.04. The maximum Gasteiger partial charge on any atom is 0.270 e. The van der Waals surface area contributed by atoms with Crippen LogP contribution in [-0.4, -0.2) is 10.9 Å². The minimum Gasteiger partial charge on any atom is -0.467 e. The van der Waals surface area contributed by atoms with Gasteiger partial charge in [0, 0.05) is 6.20 Å². The Morgan fingerprint density at radius 3 is 2.89 bits per heavy atom. The number of carbonyl (C=O) groups is 1. The zero-order valence-corrected chi connectivity index (χ0v) is 9.75. The summed E-state index contributed by atoms with van der Waals surface area (Å²) >= 11 is 0. The summed E-state index contributed by atoms with van der Waals surface area (Å²) in [5.41, 5.74) is 0.693. The van der Waals surface area contributed by atoms with E-state index in [4.69, 9.17) is 9.68 Å². The second kappa shape index (κ2) is 5.15. The summed E-state index contributed by atoms with van der Waals surface area (Å²) in [6.45, 7) is 1.82. The van der Waals surface area contributed by atoms with Crippen molar-refractivity contribution in [3.05, 3.63) is 53.7 Å². The summed E-state index contributed by atoms with van der Waals surface area (Å²) in [7, 11) is 0. The van der Waals surface area contributed by atoms with E-state index in [1.165, 1.54) is 12.3 Å². The molecule has 18 heavy (non-hydrogen) atoms. The number of hydrogen-bond acceptors (Lipinski definition) is 4. The van der Waals surface area contributed by atoms with E-state index in [9.17, 15) is 4.79 Å². The van der Waals surface area contributed by atoms with E-state index in [-0.39, 0.29) is 17.6 Å². The van der Waals surface area contributed by atoms with Crippen molar-refractivity contribution in [1.29, 1.82) is 5.26 Å². The normalized spacial score (nSPS) is 11.6. The molecule has 2 heterocycles. The number of aromatic nitrogens is 1. The van der Waals surface area contributed by atoms with Crippen LogP contribution < -0.4 is 5.32 Å². The van der Waals surface area contributed by atoms with Gasteiger partial charge in [0.2, 0.25) is 0 Å². The van der Waals surface area contributed by atoms with Crippen LogP contribution in [0.2, 0.25) is 0 Å². The third kappa shape index (κ3) is 2.55. The van der Waals surface area contributed by atoms with E-state index in [1.54, 1.807) is 24.5 Å². The Kier molecular flexibility index (Phi) is 3.39. The van der Waals surface area contributed by atoms with Gasteiger partial charge in [-0.15, -0.1) is 0 Å². The average molecular weight is 241 g/mol. The summed E-state index contributed by atoms with van der Waals surface area (Å²) in [4.78, 5) is 15.8. The Balaban J connectivity index is 2.05. The van der Waals surface area contributed by atoms with Gasteiger partial charge in [-0.2, -0.15) is 5.26 Å². The molecule has 1 unspecified atom stereocenters. The number of furan rings is 1. The molecular weight excluding hydrogens is 230 g/mol. The number of hydrogen-bond donors (Lipinski definition) is 1. The molecular formula is C13H11N3O2. The molecule has 0 aliphatic carbocycles. The molecule has 2 rings (SSSR count). The molecule has 5 heteroatoms. The van der Waals surface area contributed by atoms with Gasteiger partial charge in [0.25, 0.3) is 5.91 Å². The number of rotatable bonds is 3. The van der Waals surface area contributed by atoms with Crippen LogP contribution in [0.3, 0.4) is 0 Å². The highest BCUT2D eigenvalue weighted by molar-refractivity contribution is 5.92. The number of nitriles is 1. The molecule has 0 spiro atoms. The summed E-state index contributed by atoms with van der Waals surface area (Å²) in [5, 5.41) is 11.4. The second-order valence-electron chi connectivity index (χ2n) is 3.75.